The number of nitrogen functional groups attached to an aromatic ring is 1. The summed E-state index contributed by atoms with van der Waals surface area (Å²) in [7, 11) is 0. The van der Waals surface area contributed by atoms with E-state index in [0.29, 0.717) is 5.69 Å². The van der Waals surface area contributed by atoms with Gasteiger partial charge in [0.25, 0.3) is 0 Å². The van der Waals surface area contributed by atoms with Gasteiger partial charge in [-0.1, -0.05) is 37.4 Å². The van der Waals surface area contributed by atoms with Crippen molar-refractivity contribution in [3.8, 4) is 0 Å². The van der Waals surface area contributed by atoms with Crippen LogP contribution in [0.25, 0.3) is 23.9 Å². The zero-order chi connectivity index (χ0) is 9.42. The molecule has 1 heteroatoms. The van der Waals surface area contributed by atoms with Crippen molar-refractivity contribution in [2.24, 2.45) is 0 Å². The van der Waals surface area contributed by atoms with Crippen LogP contribution in [0.1, 0.15) is 0 Å². The van der Waals surface area contributed by atoms with E-state index >= 15 is 0 Å². The molecular weight excluding hydrogens is 158 g/mol. The Morgan fingerprint density at radius 1 is 1.00 bits per heavy atom. The molecule has 0 unspecified atom stereocenters. The Labute approximate surface area is 76.8 Å². The first kappa shape index (κ1) is 7.87. The summed E-state index contributed by atoms with van der Waals surface area (Å²) in [6.45, 7) is 7.88. The molecule has 0 radical (unpaired) electrons. The summed E-state index contributed by atoms with van der Waals surface area (Å²) < 4.78 is 0. The average molecular weight is 169 g/mol. The fraction of sp³-hybridized carbons (Fsp3) is 0. The zero-order valence-electron chi connectivity index (χ0n) is 7.38. The van der Waals surface area contributed by atoms with Gasteiger partial charge in [0, 0.05) is 5.69 Å². The van der Waals surface area contributed by atoms with E-state index in [1.165, 1.54) is 0 Å². The molecule has 0 atom stereocenters. The van der Waals surface area contributed by atoms with Crippen LogP contribution in [0.5, 0.6) is 0 Å². The van der Waals surface area contributed by atoms with Crippen molar-refractivity contribution in [2.75, 3.05) is 5.73 Å². The fourth-order valence-electron chi connectivity index (χ4n) is 1.53. The molecule has 64 valence electrons. The molecule has 0 aromatic heterocycles. The number of benzene rings is 2. The highest BCUT2D eigenvalue weighted by Gasteiger charge is 1.96. The lowest BCUT2D eigenvalue weighted by atomic mass is 10.1. The average Bonchev–Trinajstić information content (AvgIpc) is 2.15. The van der Waals surface area contributed by atoms with Gasteiger partial charge in [0.15, 0.2) is 0 Å². The lowest BCUT2D eigenvalue weighted by Gasteiger charge is -2.01. The van der Waals surface area contributed by atoms with Gasteiger partial charge in [-0.2, -0.15) is 0 Å². The van der Waals surface area contributed by atoms with E-state index in [4.69, 9.17) is 5.73 Å². The van der Waals surface area contributed by atoms with E-state index in [1.807, 2.05) is 30.3 Å². The summed E-state index contributed by atoms with van der Waals surface area (Å²) in [6.07, 6.45) is 0. The molecule has 0 aliphatic heterocycles. The van der Waals surface area contributed by atoms with Crippen LogP contribution in [0.3, 0.4) is 0 Å². The van der Waals surface area contributed by atoms with Crippen molar-refractivity contribution >= 4 is 29.6 Å². The van der Waals surface area contributed by atoms with Crippen molar-refractivity contribution in [2.45, 2.75) is 0 Å². The standard InChI is InChI=1S/C12H11N/c1-8-7-12(13)9(2)11-6-4-3-5-10(8)11/h3-7H,1-2,13H2. The third-order valence-electron chi connectivity index (χ3n) is 2.28. The molecule has 2 N–H and O–H groups in total. The van der Waals surface area contributed by atoms with Gasteiger partial charge in [-0.25, -0.2) is 0 Å². The van der Waals surface area contributed by atoms with Crippen LogP contribution >= 0.6 is 0 Å². The number of hydrogen-bond acceptors (Lipinski definition) is 1. The molecule has 0 aliphatic rings. The normalized spacial score (nSPS) is 10.5. The molecule has 1 nitrogen and oxygen atoms in total. The van der Waals surface area contributed by atoms with Gasteiger partial charge in [0.05, 0.1) is 0 Å². The third-order valence-corrected chi connectivity index (χ3v) is 2.28. The van der Waals surface area contributed by atoms with Crippen LogP contribution in [-0.4, -0.2) is 0 Å². The molecule has 0 aliphatic carbocycles. The lowest BCUT2D eigenvalue weighted by Crippen LogP contribution is -2.14. The summed E-state index contributed by atoms with van der Waals surface area (Å²) in [4.78, 5) is 0. The van der Waals surface area contributed by atoms with Crippen LogP contribution in [-0.2, 0) is 0 Å². The molecule has 2 aromatic rings. The van der Waals surface area contributed by atoms with Gasteiger partial charge < -0.3 is 5.73 Å². The fourth-order valence-corrected chi connectivity index (χ4v) is 1.53. The van der Waals surface area contributed by atoms with E-state index in [1.54, 1.807) is 0 Å². The highest BCUT2D eigenvalue weighted by molar-refractivity contribution is 5.86. The van der Waals surface area contributed by atoms with E-state index in [-0.39, 0.29) is 0 Å². The van der Waals surface area contributed by atoms with Crippen molar-refractivity contribution in [1.29, 1.82) is 0 Å². The molecule has 0 amide bonds. The number of fused-ring (bicyclic) bond motifs is 1. The molecule has 0 heterocycles. The molecule has 0 saturated carbocycles. The number of nitrogens with two attached hydrogens (primary N) is 1. The summed E-state index contributed by atoms with van der Waals surface area (Å²) in [5.41, 5.74) is 6.50. The summed E-state index contributed by atoms with van der Waals surface area (Å²) >= 11 is 0. The van der Waals surface area contributed by atoms with Crippen molar-refractivity contribution in [3.05, 3.63) is 40.8 Å². The molecular formula is C12H11N. The number of anilines is 1. The van der Waals surface area contributed by atoms with Crippen LogP contribution in [0.15, 0.2) is 30.3 Å². The van der Waals surface area contributed by atoms with Gasteiger partial charge in [-0.15, -0.1) is 0 Å². The smallest absolute Gasteiger partial charge is 0.0393 e. The SMILES string of the molecule is C=c1cc(N)c(=C)c2ccccc12. The van der Waals surface area contributed by atoms with Crippen LogP contribution < -0.4 is 16.2 Å². The topological polar surface area (TPSA) is 26.0 Å². The second kappa shape index (κ2) is 2.63. The molecule has 0 fully saturated rings. The minimum Gasteiger partial charge on any atom is -0.398 e. The predicted molar refractivity (Wildman–Crippen MR) is 58.7 cm³/mol. The molecule has 0 bridgehead atoms. The predicted octanol–water partition coefficient (Wildman–Crippen LogP) is 1.24. The van der Waals surface area contributed by atoms with Crippen molar-refractivity contribution in [1.82, 2.24) is 0 Å². The van der Waals surface area contributed by atoms with Gasteiger partial charge in [0.1, 0.15) is 0 Å². The molecule has 2 rings (SSSR count). The molecule has 13 heavy (non-hydrogen) atoms. The summed E-state index contributed by atoms with van der Waals surface area (Å²) in [6, 6.07) is 9.89. The van der Waals surface area contributed by atoms with E-state index in [0.717, 1.165) is 21.2 Å². The molecule has 0 saturated heterocycles. The minimum absolute atomic E-state index is 0.712. The maximum atomic E-state index is 5.78. The van der Waals surface area contributed by atoms with Crippen molar-refractivity contribution in [3.63, 3.8) is 0 Å². The van der Waals surface area contributed by atoms with Crippen LogP contribution in [0.2, 0.25) is 0 Å². The van der Waals surface area contributed by atoms with Crippen molar-refractivity contribution < 1.29 is 0 Å². The Bertz CT molecular complexity index is 555. The molecule has 0 spiro atoms. The highest BCUT2D eigenvalue weighted by Crippen LogP contribution is 2.05. The lowest BCUT2D eigenvalue weighted by molar-refractivity contribution is 1.63. The Morgan fingerprint density at radius 3 is 2.31 bits per heavy atom. The van der Waals surface area contributed by atoms with Gasteiger partial charge >= 0.3 is 0 Å². The number of rotatable bonds is 0. The second-order valence-corrected chi connectivity index (χ2v) is 3.15. The Kier molecular flexibility index (Phi) is 1.59. The quantitative estimate of drug-likeness (QED) is 0.590. The van der Waals surface area contributed by atoms with Crippen LogP contribution in [0, 0.1) is 0 Å². The molecule has 2 aromatic carbocycles. The Hall–Kier alpha value is -1.76. The second-order valence-electron chi connectivity index (χ2n) is 3.15. The highest BCUT2D eigenvalue weighted by atomic mass is 14.5. The summed E-state index contributed by atoms with van der Waals surface area (Å²) in [5.74, 6) is 0. The minimum atomic E-state index is 0.712. The first-order valence-electron chi connectivity index (χ1n) is 4.15. The van der Waals surface area contributed by atoms with Gasteiger partial charge in [0.2, 0.25) is 0 Å². The van der Waals surface area contributed by atoms with E-state index in [9.17, 15) is 0 Å². The van der Waals surface area contributed by atoms with E-state index in [2.05, 4.69) is 13.2 Å². The zero-order valence-corrected chi connectivity index (χ0v) is 7.38. The maximum absolute atomic E-state index is 5.78. The first-order chi connectivity index (χ1) is 6.20. The van der Waals surface area contributed by atoms with Crippen LogP contribution in [0.4, 0.5) is 5.69 Å². The Morgan fingerprint density at radius 2 is 1.62 bits per heavy atom. The van der Waals surface area contributed by atoms with Gasteiger partial charge in [-0.05, 0) is 27.3 Å². The van der Waals surface area contributed by atoms with E-state index < -0.39 is 0 Å². The largest absolute Gasteiger partial charge is 0.398 e. The number of hydrogen-bond donors (Lipinski definition) is 1. The first-order valence-corrected chi connectivity index (χ1v) is 4.15. The third kappa shape index (κ3) is 1.09. The van der Waals surface area contributed by atoms with Gasteiger partial charge in [-0.3, -0.25) is 0 Å². The summed E-state index contributed by atoms with van der Waals surface area (Å²) in [5, 5.41) is 4.07. The Balaban J connectivity index is 3.15. The maximum Gasteiger partial charge on any atom is 0.0393 e. The monoisotopic (exact) mass is 169 g/mol.